The first-order valence-corrected chi connectivity index (χ1v) is 6.08. The van der Waals surface area contributed by atoms with Crippen LogP contribution in [0.1, 0.15) is 54.6 Å². The molecule has 0 fully saturated rings. The van der Waals surface area contributed by atoms with Crippen molar-refractivity contribution in [1.82, 2.24) is 4.98 Å². The summed E-state index contributed by atoms with van der Waals surface area (Å²) >= 11 is 0. The minimum Gasteiger partial charge on any atom is -0.481 e. The van der Waals surface area contributed by atoms with Crippen LogP contribution in [0.15, 0.2) is 0 Å². The van der Waals surface area contributed by atoms with Crippen LogP contribution in [0.2, 0.25) is 0 Å². The number of aryl methyl sites for hydroxylation is 2. The number of carbonyl (C=O) groups is 1. The maximum absolute atomic E-state index is 11.3. The Morgan fingerprint density at radius 2 is 2.12 bits per heavy atom. The summed E-state index contributed by atoms with van der Waals surface area (Å²) < 4.78 is 0. The van der Waals surface area contributed by atoms with Crippen molar-refractivity contribution >= 4 is 5.97 Å². The highest BCUT2D eigenvalue weighted by Crippen LogP contribution is 2.33. The number of aliphatic carboxylic acids is 1. The highest BCUT2D eigenvalue weighted by atomic mass is 16.4. The van der Waals surface area contributed by atoms with Crippen molar-refractivity contribution < 1.29 is 9.90 Å². The van der Waals surface area contributed by atoms with Gasteiger partial charge in [-0.25, -0.2) is 0 Å². The number of aromatic amines is 1. The minimum atomic E-state index is -0.696. The van der Waals surface area contributed by atoms with Crippen molar-refractivity contribution in [2.75, 3.05) is 0 Å². The Labute approximate surface area is 95.9 Å². The molecule has 1 aromatic heterocycles. The van der Waals surface area contributed by atoms with Gasteiger partial charge in [0.2, 0.25) is 0 Å². The minimum absolute atomic E-state index is 0.335. The van der Waals surface area contributed by atoms with Crippen LogP contribution in [0.4, 0.5) is 0 Å². The Morgan fingerprint density at radius 3 is 2.75 bits per heavy atom. The van der Waals surface area contributed by atoms with Crippen LogP contribution in [0.3, 0.4) is 0 Å². The second kappa shape index (κ2) is 4.32. The third-order valence-corrected chi connectivity index (χ3v) is 3.59. The smallest absolute Gasteiger partial charge is 0.311 e. The van der Waals surface area contributed by atoms with E-state index in [1.165, 1.54) is 24.1 Å². The second-order valence-corrected chi connectivity index (χ2v) is 4.63. The number of H-pyrrole nitrogens is 1. The number of hydrogen-bond donors (Lipinski definition) is 2. The second-order valence-electron chi connectivity index (χ2n) is 4.63. The lowest BCUT2D eigenvalue weighted by atomic mass is 9.87. The van der Waals surface area contributed by atoms with Crippen molar-refractivity contribution in [3.63, 3.8) is 0 Å². The molecule has 1 atom stereocenters. The van der Waals surface area contributed by atoms with Gasteiger partial charge in [0.05, 0.1) is 5.92 Å². The Hall–Kier alpha value is -1.25. The van der Waals surface area contributed by atoms with Gasteiger partial charge in [-0.05, 0) is 50.2 Å². The zero-order valence-electron chi connectivity index (χ0n) is 9.97. The molecule has 2 rings (SSSR count). The molecule has 1 aliphatic carbocycles. The monoisotopic (exact) mass is 221 g/mol. The fourth-order valence-electron chi connectivity index (χ4n) is 2.83. The van der Waals surface area contributed by atoms with Crippen LogP contribution in [-0.2, 0) is 17.6 Å². The number of carboxylic acids is 1. The maximum atomic E-state index is 11.3. The van der Waals surface area contributed by atoms with Crippen LogP contribution in [0, 0.1) is 6.92 Å². The normalized spacial score (nSPS) is 16.9. The van der Waals surface area contributed by atoms with E-state index < -0.39 is 5.97 Å². The van der Waals surface area contributed by atoms with E-state index in [9.17, 15) is 9.90 Å². The van der Waals surface area contributed by atoms with Crippen LogP contribution in [0.25, 0.3) is 0 Å². The van der Waals surface area contributed by atoms with Crippen molar-refractivity contribution in [2.45, 2.75) is 51.9 Å². The average molecular weight is 221 g/mol. The predicted octanol–water partition coefficient (Wildman–Crippen LogP) is 2.78. The van der Waals surface area contributed by atoms with Crippen molar-refractivity contribution in [1.29, 1.82) is 0 Å². The number of nitrogens with one attached hydrogen (secondary N) is 1. The lowest BCUT2D eigenvalue weighted by Crippen LogP contribution is -2.14. The molecule has 1 unspecified atom stereocenters. The summed E-state index contributed by atoms with van der Waals surface area (Å²) in [6, 6.07) is 0. The number of aromatic nitrogens is 1. The summed E-state index contributed by atoms with van der Waals surface area (Å²) in [5.41, 5.74) is 4.68. The van der Waals surface area contributed by atoms with Crippen molar-refractivity contribution in [3.05, 3.63) is 22.5 Å². The quantitative estimate of drug-likeness (QED) is 0.824. The van der Waals surface area contributed by atoms with Gasteiger partial charge in [-0.2, -0.15) is 0 Å². The van der Waals surface area contributed by atoms with Crippen LogP contribution in [-0.4, -0.2) is 16.1 Å². The molecule has 16 heavy (non-hydrogen) atoms. The molecule has 88 valence electrons. The van der Waals surface area contributed by atoms with Gasteiger partial charge in [0.15, 0.2) is 0 Å². The Kier molecular flexibility index (Phi) is 3.03. The summed E-state index contributed by atoms with van der Waals surface area (Å²) in [5, 5.41) is 9.26. The van der Waals surface area contributed by atoms with E-state index in [0.29, 0.717) is 6.42 Å². The largest absolute Gasteiger partial charge is 0.481 e. The Morgan fingerprint density at radius 1 is 1.44 bits per heavy atom. The molecule has 1 heterocycles. The fraction of sp³-hybridized carbons (Fsp3) is 0.615. The average Bonchev–Trinajstić information content (AvgIpc) is 2.57. The van der Waals surface area contributed by atoms with Crippen molar-refractivity contribution in [2.24, 2.45) is 0 Å². The summed E-state index contributed by atoms with van der Waals surface area (Å²) in [6.07, 6.45) is 5.19. The molecule has 0 saturated carbocycles. The van der Waals surface area contributed by atoms with Gasteiger partial charge in [-0.3, -0.25) is 4.79 Å². The zero-order valence-corrected chi connectivity index (χ0v) is 9.97. The molecular weight excluding hydrogens is 202 g/mol. The van der Waals surface area contributed by atoms with E-state index in [4.69, 9.17) is 0 Å². The van der Waals surface area contributed by atoms with Gasteiger partial charge in [0, 0.05) is 11.4 Å². The third kappa shape index (κ3) is 1.75. The summed E-state index contributed by atoms with van der Waals surface area (Å²) in [5.74, 6) is -1.03. The van der Waals surface area contributed by atoms with Gasteiger partial charge >= 0.3 is 5.97 Å². The highest BCUT2D eigenvalue weighted by molar-refractivity contribution is 5.77. The van der Waals surface area contributed by atoms with Crippen LogP contribution in [0.5, 0.6) is 0 Å². The van der Waals surface area contributed by atoms with E-state index >= 15 is 0 Å². The predicted molar refractivity (Wildman–Crippen MR) is 62.8 cm³/mol. The molecule has 2 N–H and O–H groups in total. The molecular formula is C13H19NO2. The summed E-state index contributed by atoms with van der Waals surface area (Å²) in [4.78, 5) is 14.6. The summed E-state index contributed by atoms with van der Waals surface area (Å²) in [6.45, 7) is 3.94. The highest BCUT2D eigenvalue weighted by Gasteiger charge is 2.27. The first kappa shape index (κ1) is 11.2. The Bertz CT molecular complexity index is 406. The van der Waals surface area contributed by atoms with E-state index in [2.05, 4.69) is 4.98 Å². The molecule has 0 radical (unpaired) electrons. The van der Waals surface area contributed by atoms with Gasteiger partial charge < -0.3 is 10.1 Å². The maximum Gasteiger partial charge on any atom is 0.311 e. The SMILES string of the molecule is CCC(C(=O)O)c1c(C)[nH]c2c1CCCC2. The standard InChI is InChI=1S/C13H19NO2/c1-3-9(13(15)16)12-8(2)14-11-7-5-4-6-10(11)12/h9,14H,3-7H2,1-2H3,(H,15,16). The number of fused-ring (bicyclic) bond motifs is 1. The molecule has 0 amide bonds. The molecule has 0 bridgehead atoms. The first-order chi connectivity index (χ1) is 7.65. The van der Waals surface area contributed by atoms with E-state index in [0.717, 1.165) is 24.1 Å². The van der Waals surface area contributed by atoms with Gasteiger partial charge in [0.25, 0.3) is 0 Å². The number of hydrogen-bond acceptors (Lipinski definition) is 1. The zero-order chi connectivity index (χ0) is 11.7. The van der Waals surface area contributed by atoms with Crippen LogP contribution < -0.4 is 0 Å². The molecule has 3 heteroatoms. The molecule has 0 saturated heterocycles. The van der Waals surface area contributed by atoms with Crippen LogP contribution >= 0.6 is 0 Å². The number of rotatable bonds is 3. The number of carboxylic acid groups (broad SMARTS) is 1. The van der Waals surface area contributed by atoms with Gasteiger partial charge in [-0.15, -0.1) is 0 Å². The van der Waals surface area contributed by atoms with Gasteiger partial charge in [-0.1, -0.05) is 6.92 Å². The third-order valence-electron chi connectivity index (χ3n) is 3.59. The lowest BCUT2D eigenvalue weighted by molar-refractivity contribution is -0.138. The van der Waals surface area contributed by atoms with E-state index in [1.807, 2.05) is 13.8 Å². The van der Waals surface area contributed by atoms with Crippen molar-refractivity contribution in [3.8, 4) is 0 Å². The Balaban J connectivity index is 2.46. The molecule has 0 aliphatic heterocycles. The molecule has 0 aromatic carbocycles. The van der Waals surface area contributed by atoms with E-state index in [-0.39, 0.29) is 5.92 Å². The first-order valence-electron chi connectivity index (χ1n) is 6.08. The van der Waals surface area contributed by atoms with E-state index in [1.54, 1.807) is 0 Å². The summed E-state index contributed by atoms with van der Waals surface area (Å²) in [7, 11) is 0. The molecule has 0 spiro atoms. The molecule has 1 aromatic rings. The lowest BCUT2D eigenvalue weighted by Gasteiger charge is -2.16. The fourth-order valence-corrected chi connectivity index (χ4v) is 2.83. The molecule has 3 nitrogen and oxygen atoms in total. The van der Waals surface area contributed by atoms with Gasteiger partial charge in [0.1, 0.15) is 0 Å². The molecule has 1 aliphatic rings. The topological polar surface area (TPSA) is 53.1 Å².